The van der Waals surface area contributed by atoms with Crippen molar-refractivity contribution in [1.29, 1.82) is 0 Å². The molecule has 0 aliphatic heterocycles. The Morgan fingerprint density at radius 2 is 1.06 bits per heavy atom. The second-order valence-corrected chi connectivity index (χ2v) is 13.7. The lowest BCUT2D eigenvalue weighted by Crippen LogP contribution is -2.27. The van der Waals surface area contributed by atoms with E-state index in [-0.39, 0.29) is 11.3 Å². The van der Waals surface area contributed by atoms with Crippen molar-refractivity contribution in [2.24, 2.45) is 11.3 Å². The molecule has 0 spiro atoms. The van der Waals surface area contributed by atoms with E-state index in [1.807, 2.05) is 66.7 Å². The molecule has 0 saturated carbocycles. The van der Waals surface area contributed by atoms with Crippen molar-refractivity contribution in [3.05, 3.63) is 182 Å². The van der Waals surface area contributed by atoms with E-state index in [0.717, 1.165) is 66.1 Å². The van der Waals surface area contributed by atoms with Gasteiger partial charge in [-0.2, -0.15) is 0 Å². The summed E-state index contributed by atoms with van der Waals surface area (Å²) in [6, 6.07) is 46.1. The molecule has 2 heterocycles. The van der Waals surface area contributed by atoms with Crippen molar-refractivity contribution in [2.75, 3.05) is 0 Å². The maximum absolute atomic E-state index is 6.81. The number of rotatable bonds is 5. The van der Waals surface area contributed by atoms with E-state index in [1.54, 1.807) is 0 Å². The number of hydrogen-bond donors (Lipinski definition) is 0. The SMILES string of the molecule is CC12C=CC=CC1C=CC=C2c1ccc(-c2ccc(-c3nc(-c4ccccc4)nc(-c4ccccc4)n3)c3ccccc23)c2c1oc1ccccc12. The van der Waals surface area contributed by atoms with Crippen LogP contribution >= 0.6 is 0 Å². The predicted octanol–water partition coefficient (Wildman–Crippen LogP) is 12.3. The summed E-state index contributed by atoms with van der Waals surface area (Å²) in [7, 11) is 0. The molecule has 4 heteroatoms. The lowest BCUT2D eigenvalue weighted by atomic mass is 9.65. The Bertz CT molecular complexity index is 2750. The van der Waals surface area contributed by atoms with Crippen LogP contribution in [0.4, 0.5) is 0 Å². The van der Waals surface area contributed by atoms with Crippen LogP contribution in [0.1, 0.15) is 12.5 Å². The molecule has 0 amide bonds. The van der Waals surface area contributed by atoms with Gasteiger partial charge in [0, 0.05) is 44.4 Å². The van der Waals surface area contributed by atoms with Crippen LogP contribution in [0.25, 0.3) is 83.6 Å². The number of hydrogen-bond acceptors (Lipinski definition) is 4. The van der Waals surface area contributed by atoms with Crippen LogP contribution in [-0.2, 0) is 0 Å². The van der Waals surface area contributed by atoms with Crippen LogP contribution in [0.3, 0.4) is 0 Å². The van der Waals surface area contributed by atoms with Crippen LogP contribution in [-0.4, -0.2) is 15.0 Å². The van der Waals surface area contributed by atoms with Crippen LogP contribution < -0.4 is 0 Å². The van der Waals surface area contributed by atoms with Crippen molar-refractivity contribution in [3.63, 3.8) is 0 Å². The highest BCUT2D eigenvalue weighted by molar-refractivity contribution is 6.18. The molecule has 52 heavy (non-hydrogen) atoms. The van der Waals surface area contributed by atoms with Crippen LogP contribution in [0.15, 0.2) is 180 Å². The first-order valence-electron chi connectivity index (χ1n) is 17.7. The molecule has 246 valence electrons. The molecule has 2 aliphatic rings. The quantitative estimate of drug-likeness (QED) is 0.183. The van der Waals surface area contributed by atoms with Gasteiger partial charge in [-0.15, -0.1) is 0 Å². The summed E-state index contributed by atoms with van der Waals surface area (Å²) >= 11 is 0. The van der Waals surface area contributed by atoms with Gasteiger partial charge in [0.15, 0.2) is 17.5 Å². The second kappa shape index (κ2) is 12.0. The van der Waals surface area contributed by atoms with Crippen molar-refractivity contribution >= 4 is 38.3 Å². The molecule has 0 saturated heterocycles. The van der Waals surface area contributed by atoms with Gasteiger partial charge in [-0.3, -0.25) is 0 Å². The standard InChI is InChI=1S/C48H33N3O/c1-48-30-13-12-19-33(48)20-14-24-41(48)39-29-27-37(43-40-23-10-11-25-42(40)52-44(39)43)36-26-28-38(35-22-9-8-21-34(35)36)47-50-45(31-15-4-2-5-16-31)49-46(51-47)32-17-6-3-7-18-32/h2-30,33H,1H3. The zero-order valence-electron chi connectivity index (χ0n) is 28.6. The molecule has 2 aliphatic carbocycles. The highest BCUT2D eigenvalue weighted by atomic mass is 16.3. The number of nitrogens with zero attached hydrogens (tertiary/aromatic N) is 3. The molecular formula is C48H33N3O. The van der Waals surface area contributed by atoms with E-state index in [2.05, 4.69) is 116 Å². The van der Waals surface area contributed by atoms with E-state index in [4.69, 9.17) is 19.4 Å². The Kier molecular flexibility index (Phi) is 6.97. The first kappa shape index (κ1) is 30.2. The molecule has 4 nitrogen and oxygen atoms in total. The van der Waals surface area contributed by atoms with Gasteiger partial charge in [-0.05, 0) is 39.6 Å². The maximum atomic E-state index is 6.81. The molecule has 2 atom stereocenters. The molecule has 2 aromatic heterocycles. The minimum absolute atomic E-state index is 0.174. The first-order valence-corrected chi connectivity index (χ1v) is 17.7. The Labute approximate surface area is 301 Å². The summed E-state index contributed by atoms with van der Waals surface area (Å²) in [5.74, 6) is 2.21. The Hall–Kier alpha value is -6.65. The summed E-state index contributed by atoms with van der Waals surface area (Å²) < 4.78 is 6.81. The zero-order chi connectivity index (χ0) is 34.6. The molecular weight excluding hydrogens is 635 g/mol. The monoisotopic (exact) mass is 667 g/mol. The Balaban J connectivity index is 1.19. The normalized spacial score (nSPS) is 17.9. The van der Waals surface area contributed by atoms with Crippen molar-refractivity contribution in [3.8, 4) is 45.3 Å². The summed E-state index contributed by atoms with van der Waals surface area (Å²) in [5, 5.41) is 4.42. The van der Waals surface area contributed by atoms with E-state index < -0.39 is 0 Å². The van der Waals surface area contributed by atoms with E-state index in [1.165, 1.54) is 5.57 Å². The number of furan rings is 1. The number of allylic oxidation sites excluding steroid dienone is 8. The number of fused-ring (bicyclic) bond motifs is 5. The van der Waals surface area contributed by atoms with Gasteiger partial charge in [0.1, 0.15) is 11.2 Å². The number of para-hydroxylation sites is 1. The Morgan fingerprint density at radius 3 is 1.79 bits per heavy atom. The van der Waals surface area contributed by atoms with E-state index in [9.17, 15) is 0 Å². The van der Waals surface area contributed by atoms with E-state index in [0.29, 0.717) is 17.5 Å². The second-order valence-electron chi connectivity index (χ2n) is 13.7. The average molecular weight is 668 g/mol. The van der Waals surface area contributed by atoms with Gasteiger partial charge in [0.25, 0.3) is 0 Å². The average Bonchev–Trinajstić information content (AvgIpc) is 3.60. The topological polar surface area (TPSA) is 51.8 Å². The van der Waals surface area contributed by atoms with Gasteiger partial charge in [0.05, 0.1) is 0 Å². The third-order valence-electron chi connectivity index (χ3n) is 10.7. The van der Waals surface area contributed by atoms with Gasteiger partial charge >= 0.3 is 0 Å². The Morgan fingerprint density at radius 1 is 0.500 bits per heavy atom. The smallest absolute Gasteiger partial charge is 0.164 e. The maximum Gasteiger partial charge on any atom is 0.164 e. The van der Waals surface area contributed by atoms with Gasteiger partial charge in [-0.25, -0.2) is 15.0 Å². The van der Waals surface area contributed by atoms with Gasteiger partial charge in [0.2, 0.25) is 0 Å². The molecule has 6 aromatic carbocycles. The zero-order valence-corrected chi connectivity index (χ0v) is 28.6. The van der Waals surface area contributed by atoms with Crippen LogP contribution in [0.5, 0.6) is 0 Å². The van der Waals surface area contributed by atoms with Crippen molar-refractivity contribution in [2.45, 2.75) is 6.92 Å². The van der Waals surface area contributed by atoms with Crippen molar-refractivity contribution < 1.29 is 4.42 Å². The molecule has 10 rings (SSSR count). The number of aromatic nitrogens is 3. The molecule has 0 fully saturated rings. The lowest BCUT2D eigenvalue weighted by Gasteiger charge is -2.38. The van der Waals surface area contributed by atoms with Crippen molar-refractivity contribution in [1.82, 2.24) is 15.0 Å². The fraction of sp³-hybridized carbons (Fsp3) is 0.0625. The van der Waals surface area contributed by atoms with Crippen LogP contribution in [0.2, 0.25) is 0 Å². The summed E-state index contributed by atoms with van der Waals surface area (Å²) in [6.07, 6.45) is 15.7. The molecule has 8 aromatic rings. The molecule has 0 radical (unpaired) electrons. The third kappa shape index (κ3) is 4.79. The molecule has 0 bridgehead atoms. The lowest BCUT2D eigenvalue weighted by molar-refractivity contribution is 0.471. The van der Waals surface area contributed by atoms with E-state index >= 15 is 0 Å². The fourth-order valence-corrected chi connectivity index (χ4v) is 8.04. The molecule has 0 N–H and O–H groups in total. The van der Waals surface area contributed by atoms with Crippen LogP contribution in [0, 0.1) is 11.3 Å². The van der Waals surface area contributed by atoms with Gasteiger partial charge < -0.3 is 4.42 Å². The number of benzene rings is 6. The minimum atomic E-state index is -0.174. The van der Waals surface area contributed by atoms with Gasteiger partial charge in [-0.1, -0.05) is 171 Å². The third-order valence-corrected chi connectivity index (χ3v) is 10.7. The minimum Gasteiger partial charge on any atom is -0.455 e. The molecule has 2 unspecified atom stereocenters. The summed E-state index contributed by atoms with van der Waals surface area (Å²) in [4.78, 5) is 15.1. The summed E-state index contributed by atoms with van der Waals surface area (Å²) in [6.45, 7) is 2.33. The highest BCUT2D eigenvalue weighted by Gasteiger charge is 2.37. The summed E-state index contributed by atoms with van der Waals surface area (Å²) in [5.41, 5.74) is 9.11. The largest absolute Gasteiger partial charge is 0.455 e. The first-order chi connectivity index (χ1) is 25.7. The fourth-order valence-electron chi connectivity index (χ4n) is 8.04. The predicted molar refractivity (Wildman–Crippen MR) is 213 cm³/mol. The highest BCUT2D eigenvalue weighted by Crippen LogP contribution is 2.51.